The summed E-state index contributed by atoms with van der Waals surface area (Å²) in [6.45, 7) is 2.29. The summed E-state index contributed by atoms with van der Waals surface area (Å²) in [5, 5.41) is 0. The monoisotopic (exact) mass is 340 g/mol. The molecule has 2 heterocycles. The third-order valence-electron chi connectivity index (χ3n) is 3.38. The van der Waals surface area contributed by atoms with Crippen LogP contribution in [0, 0.1) is 5.82 Å². The highest BCUT2D eigenvalue weighted by molar-refractivity contribution is 8.03. The number of hydrogen-bond donors (Lipinski definition) is 0. The highest BCUT2D eigenvalue weighted by atomic mass is 32.9. The SMILES string of the molecule is O=C(CSc1cc(=[N+]2CCCC2)ss1)c1ccc(F)cc1. The molecule has 0 amide bonds. The van der Waals surface area contributed by atoms with Gasteiger partial charge < -0.3 is 0 Å². The maximum atomic E-state index is 12.8. The number of carbonyl (C=O) groups excluding carboxylic acids is 1. The van der Waals surface area contributed by atoms with E-state index < -0.39 is 0 Å². The first kappa shape index (κ1) is 14.9. The summed E-state index contributed by atoms with van der Waals surface area (Å²) >= 11 is 1.57. The van der Waals surface area contributed by atoms with E-state index in [1.54, 1.807) is 44.6 Å². The summed E-state index contributed by atoms with van der Waals surface area (Å²) < 4.78 is 17.7. The number of benzene rings is 1. The molecule has 1 aliphatic rings. The van der Waals surface area contributed by atoms with Crippen LogP contribution in [0.2, 0.25) is 0 Å². The lowest BCUT2D eigenvalue weighted by molar-refractivity contribution is 0.102. The lowest BCUT2D eigenvalue weighted by Crippen LogP contribution is -2.23. The average Bonchev–Trinajstić information content (AvgIpc) is 3.16. The maximum Gasteiger partial charge on any atom is 0.268 e. The molecule has 21 heavy (non-hydrogen) atoms. The van der Waals surface area contributed by atoms with Crippen molar-refractivity contribution in [1.29, 1.82) is 0 Å². The zero-order chi connectivity index (χ0) is 14.7. The van der Waals surface area contributed by atoms with E-state index in [0.29, 0.717) is 11.3 Å². The summed E-state index contributed by atoms with van der Waals surface area (Å²) in [7, 11) is 3.51. The molecule has 3 rings (SSSR count). The normalized spacial score (nSPS) is 14.6. The Morgan fingerprint density at radius 3 is 2.62 bits per heavy atom. The number of carbonyl (C=O) groups is 1. The Morgan fingerprint density at radius 1 is 1.19 bits per heavy atom. The largest absolute Gasteiger partial charge is 0.293 e. The summed E-state index contributed by atoms with van der Waals surface area (Å²) in [5.74, 6) is 0.133. The Balaban J connectivity index is 1.64. The zero-order valence-corrected chi connectivity index (χ0v) is 13.8. The summed E-state index contributed by atoms with van der Waals surface area (Å²) in [6.07, 6.45) is 2.54. The van der Waals surface area contributed by atoms with E-state index in [1.807, 2.05) is 0 Å². The average molecular weight is 340 g/mol. The third-order valence-corrected chi connectivity index (χ3v) is 7.32. The molecule has 0 atom stereocenters. The number of rotatable bonds is 4. The van der Waals surface area contributed by atoms with Gasteiger partial charge in [0, 0.05) is 24.5 Å². The Morgan fingerprint density at radius 2 is 1.90 bits per heavy atom. The van der Waals surface area contributed by atoms with Crippen molar-refractivity contribution in [3.05, 3.63) is 46.4 Å². The number of thioether (sulfide) groups is 1. The van der Waals surface area contributed by atoms with Gasteiger partial charge in [-0.2, -0.15) is 0 Å². The van der Waals surface area contributed by atoms with E-state index in [9.17, 15) is 9.18 Å². The highest BCUT2D eigenvalue weighted by Gasteiger charge is 2.15. The molecule has 2 aromatic rings. The van der Waals surface area contributed by atoms with Gasteiger partial charge in [0.25, 0.3) is 4.67 Å². The fourth-order valence-corrected chi connectivity index (χ4v) is 6.02. The van der Waals surface area contributed by atoms with Crippen LogP contribution in [0.3, 0.4) is 0 Å². The topological polar surface area (TPSA) is 20.1 Å². The predicted molar refractivity (Wildman–Crippen MR) is 87.9 cm³/mol. The molecule has 110 valence electrons. The zero-order valence-electron chi connectivity index (χ0n) is 11.4. The quantitative estimate of drug-likeness (QED) is 0.367. The van der Waals surface area contributed by atoms with Crippen LogP contribution in [0.5, 0.6) is 0 Å². The van der Waals surface area contributed by atoms with E-state index in [1.165, 1.54) is 33.9 Å². The van der Waals surface area contributed by atoms with Crippen molar-refractivity contribution in [3.63, 3.8) is 0 Å². The second kappa shape index (κ2) is 6.85. The van der Waals surface area contributed by atoms with Crippen molar-refractivity contribution in [2.45, 2.75) is 17.1 Å². The van der Waals surface area contributed by atoms with E-state index in [-0.39, 0.29) is 11.6 Å². The number of hydrogen-bond acceptors (Lipinski definition) is 4. The number of ketones is 1. The Labute approximate surface area is 134 Å². The summed E-state index contributed by atoms with van der Waals surface area (Å²) in [6, 6.07) is 7.94. The standard InChI is InChI=1S/C15H15FNOS3/c16-12-5-3-11(4-6-12)13(18)10-19-15-9-14(20-21-15)17-7-1-2-8-17/h3-6,9H,1-2,7-8,10H2/q+1. The predicted octanol–water partition coefficient (Wildman–Crippen LogP) is 3.49. The molecule has 0 N–H and O–H groups in total. The molecule has 0 saturated carbocycles. The van der Waals surface area contributed by atoms with Crippen molar-refractivity contribution >= 4 is 38.2 Å². The van der Waals surface area contributed by atoms with Gasteiger partial charge in [-0.3, -0.25) is 4.79 Å². The minimum Gasteiger partial charge on any atom is -0.293 e. The van der Waals surface area contributed by atoms with Gasteiger partial charge in [0.1, 0.15) is 18.9 Å². The molecule has 0 aliphatic carbocycles. The van der Waals surface area contributed by atoms with Crippen LogP contribution in [0.15, 0.2) is 34.5 Å². The van der Waals surface area contributed by atoms with Crippen LogP contribution in [0.25, 0.3) is 0 Å². The molecule has 1 saturated heterocycles. The van der Waals surface area contributed by atoms with E-state index in [0.717, 1.165) is 13.1 Å². The smallest absolute Gasteiger partial charge is 0.268 e. The highest BCUT2D eigenvalue weighted by Crippen LogP contribution is 2.25. The first-order valence-corrected chi connectivity index (χ1v) is 9.95. The van der Waals surface area contributed by atoms with Gasteiger partial charge >= 0.3 is 0 Å². The summed E-state index contributed by atoms with van der Waals surface area (Å²) in [4.78, 5) is 12.0. The second-order valence-corrected chi connectivity index (χ2v) is 8.35. The van der Waals surface area contributed by atoms with Gasteiger partial charge in [0.15, 0.2) is 5.78 Å². The first-order chi connectivity index (χ1) is 10.2. The Kier molecular flexibility index (Phi) is 4.87. The lowest BCUT2D eigenvalue weighted by atomic mass is 10.1. The van der Waals surface area contributed by atoms with E-state index in [4.69, 9.17) is 0 Å². The van der Waals surface area contributed by atoms with Crippen LogP contribution < -0.4 is 9.25 Å². The van der Waals surface area contributed by atoms with Gasteiger partial charge in [0.2, 0.25) is 0 Å². The molecule has 1 aromatic heterocycles. The molecule has 0 bridgehead atoms. The van der Waals surface area contributed by atoms with Crippen molar-refractivity contribution in [2.75, 3.05) is 18.8 Å². The molecule has 2 nitrogen and oxygen atoms in total. The van der Waals surface area contributed by atoms with Crippen molar-refractivity contribution in [1.82, 2.24) is 4.58 Å². The van der Waals surface area contributed by atoms with Crippen molar-refractivity contribution in [3.8, 4) is 0 Å². The maximum absolute atomic E-state index is 12.8. The number of Topliss-reactive ketones (excluding diaryl/α,β-unsaturated/α-hetero) is 1. The molecule has 0 spiro atoms. The lowest BCUT2D eigenvalue weighted by Gasteiger charge is -1.99. The van der Waals surface area contributed by atoms with Crippen LogP contribution in [-0.4, -0.2) is 24.6 Å². The molecule has 1 aliphatic heterocycles. The number of nitrogens with zero attached hydrogens (tertiary/aromatic N) is 1. The fraction of sp³-hybridized carbons (Fsp3) is 0.333. The van der Waals surface area contributed by atoms with E-state index >= 15 is 0 Å². The van der Waals surface area contributed by atoms with Crippen LogP contribution in [0.1, 0.15) is 23.2 Å². The molecule has 0 unspecified atom stereocenters. The minimum atomic E-state index is -0.311. The third kappa shape index (κ3) is 3.81. The van der Waals surface area contributed by atoms with Gasteiger partial charge in [-0.05, 0) is 34.6 Å². The minimum absolute atomic E-state index is 0.0427. The summed E-state index contributed by atoms with van der Waals surface area (Å²) in [5.41, 5.74) is 0.573. The molecular formula is C15H15FNOS3+. The Hall–Kier alpha value is -0.980. The number of halogens is 1. The Bertz CT molecular complexity index is 694. The molecule has 1 fully saturated rings. The van der Waals surface area contributed by atoms with Crippen LogP contribution in [0.4, 0.5) is 4.39 Å². The fourth-order valence-electron chi connectivity index (χ4n) is 2.24. The molecule has 0 radical (unpaired) electrons. The molecule has 1 aromatic carbocycles. The van der Waals surface area contributed by atoms with Gasteiger partial charge in [-0.25, -0.2) is 8.97 Å². The van der Waals surface area contributed by atoms with Crippen molar-refractivity contribution in [2.24, 2.45) is 0 Å². The second-order valence-electron chi connectivity index (χ2n) is 4.88. The van der Waals surface area contributed by atoms with Gasteiger partial charge in [-0.15, -0.1) is 11.8 Å². The van der Waals surface area contributed by atoms with Crippen molar-refractivity contribution < 1.29 is 9.18 Å². The molecule has 6 heteroatoms. The van der Waals surface area contributed by atoms with Gasteiger partial charge in [-0.1, -0.05) is 10.3 Å². The van der Waals surface area contributed by atoms with Gasteiger partial charge in [0.05, 0.1) is 9.96 Å². The van der Waals surface area contributed by atoms with E-state index in [2.05, 4.69) is 10.6 Å². The first-order valence-electron chi connectivity index (χ1n) is 6.82. The van der Waals surface area contributed by atoms with Crippen LogP contribution in [-0.2, 0) is 0 Å². The van der Waals surface area contributed by atoms with Crippen LogP contribution >= 0.6 is 32.4 Å². The molecular weight excluding hydrogens is 325 g/mol.